The van der Waals surface area contributed by atoms with Gasteiger partial charge in [-0.3, -0.25) is 0 Å². The molecule has 0 unspecified atom stereocenters. The molecule has 16 heteroatoms. The molecule has 0 atom stereocenters. The first-order valence-electron chi connectivity index (χ1n) is 21.1. The third kappa shape index (κ3) is 13.8. The van der Waals surface area contributed by atoms with Crippen LogP contribution in [-0.2, 0) is 40.1 Å². The lowest BCUT2D eigenvalue weighted by Crippen LogP contribution is -2.35. The number of hydrogen-bond donors (Lipinski definition) is 0. The quantitative estimate of drug-likeness (QED) is 0.0581. The molecule has 0 heterocycles. The molecule has 0 amide bonds. The Morgan fingerprint density at radius 3 is 0.689 bits per heavy atom. The lowest BCUT2D eigenvalue weighted by molar-refractivity contribution is 0.353. The summed E-state index contributed by atoms with van der Waals surface area (Å²) in [7, 11) is -15.2. The summed E-state index contributed by atoms with van der Waals surface area (Å²) < 4.78 is 115. The molecule has 12 nitrogen and oxygen atoms in total. The van der Waals surface area contributed by atoms with Gasteiger partial charge in [0.05, 0.1) is 19.6 Å². The van der Waals surface area contributed by atoms with E-state index in [0.717, 1.165) is 22.3 Å². The molecule has 336 valence electrons. The monoisotopic (exact) mass is 916 g/mol. The molecule has 4 aromatic carbocycles. The van der Waals surface area contributed by atoms with Gasteiger partial charge in [-0.2, -0.15) is 17.2 Å². The number of hydrogen-bond acceptors (Lipinski definition) is 8. The zero-order valence-electron chi connectivity index (χ0n) is 36.5. The highest BCUT2D eigenvalue weighted by atomic mass is 32.2. The topological polar surface area (TPSA) is 150 Å². The van der Waals surface area contributed by atoms with Crippen LogP contribution in [0.2, 0.25) is 0 Å². The van der Waals surface area contributed by atoms with Gasteiger partial charge < -0.3 is 0 Å². The van der Waals surface area contributed by atoms with Crippen molar-refractivity contribution < 1.29 is 33.7 Å². The van der Waals surface area contributed by atoms with Gasteiger partial charge >= 0.3 is 0 Å². The summed E-state index contributed by atoms with van der Waals surface area (Å²) >= 11 is 0. The van der Waals surface area contributed by atoms with Crippen LogP contribution >= 0.6 is 0 Å². The van der Waals surface area contributed by atoms with Gasteiger partial charge in [-0.05, 0) is 115 Å². The molecule has 0 bridgehead atoms. The van der Waals surface area contributed by atoms with Crippen LogP contribution in [0.5, 0.6) is 0 Å². The summed E-state index contributed by atoms with van der Waals surface area (Å²) in [5.74, 6) is 0. The Kier molecular flexibility index (Phi) is 18.7. The third-order valence-electron chi connectivity index (χ3n) is 10.8. The Morgan fingerprint density at radius 1 is 0.295 bits per heavy atom. The molecule has 0 spiro atoms. The Labute approximate surface area is 366 Å². The number of unbranched alkanes of at least 4 members (excludes halogenated alkanes) is 4. The Morgan fingerprint density at radius 2 is 0.475 bits per heavy atom. The van der Waals surface area contributed by atoms with Gasteiger partial charge in [-0.15, -0.1) is 0 Å². The summed E-state index contributed by atoms with van der Waals surface area (Å²) in [5, 5.41) is 0. The molecule has 61 heavy (non-hydrogen) atoms. The first-order valence-corrected chi connectivity index (χ1v) is 26.9. The smallest absolute Gasteiger partial charge is 0.207 e. The van der Waals surface area contributed by atoms with Gasteiger partial charge in [0.2, 0.25) is 40.1 Å². The van der Waals surface area contributed by atoms with Crippen LogP contribution in [0.15, 0.2) is 117 Å². The van der Waals surface area contributed by atoms with Crippen molar-refractivity contribution in [2.45, 2.75) is 106 Å². The molecule has 0 N–H and O–H groups in total. The zero-order chi connectivity index (χ0) is 44.8. The lowest BCUT2D eigenvalue weighted by atomic mass is 10.2. The summed E-state index contributed by atoms with van der Waals surface area (Å²) in [6.07, 6.45) is 3.31. The maximum atomic E-state index is 13.9. The zero-order valence-corrected chi connectivity index (χ0v) is 39.8. The highest BCUT2D eigenvalue weighted by Crippen LogP contribution is 2.23. The molecular weight excluding hydrogens is 853 g/mol. The standard InChI is InChI=1S/C45H64N4O8S4/c1-7-46(58(50,51)42-24-16-38(3)17-25-42)32-12-14-36-48(60(54,55)44-28-20-40(5)21-29-44)34-10-9-11-35-49(61(56,57)45-30-22-41(6)23-31-45)37-15-13-33-47(8-2)59(52,53)43-26-18-39(4)19-27-43/h16-31H,7-15,32-37H2,1-6H3. The van der Waals surface area contributed by atoms with Crippen LogP contribution in [0.25, 0.3) is 0 Å². The predicted octanol–water partition coefficient (Wildman–Crippen LogP) is 7.75. The van der Waals surface area contributed by atoms with E-state index in [2.05, 4.69) is 0 Å². The molecule has 0 aliphatic heterocycles. The van der Waals surface area contributed by atoms with Crippen LogP contribution < -0.4 is 0 Å². The molecule has 4 rings (SSSR count). The molecule has 0 aliphatic carbocycles. The fourth-order valence-electron chi connectivity index (χ4n) is 6.94. The second-order valence-electron chi connectivity index (χ2n) is 15.5. The van der Waals surface area contributed by atoms with Gasteiger partial charge in [0.25, 0.3) is 0 Å². The van der Waals surface area contributed by atoms with Crippen molar-refractivity contribution in [1.29, 1.82) is 0 Å². The summed E-state index contributed by atoms with van der Waals surface area (Å²) in [4.78, 5) is 0.806. The van der Waals surface area contributed by atoms with Crippen molar-refractivity contribution in [3.63, 3.8) is 0 Å². The number of benzene rings is 4. The number of nitrogens with zero attached hydrogens (tertiary/aromatic N) is 4. The molecule has 0 fully saturated rings. The first-order chi connectivity index (χ1) is 28.8. The normalized spacial score (nSPS) is 12.9. The highest BCUT2D eigenvalue weighted by Gasteiger charge is 2.28. The van der Waals surface area contributed by atoms with E-state index in [9.17, 15) is 33.7 Å². The van der Waals surface area contributed by atoms with E-state index in [1.54, 1.807) is 111 Å². The highest BCUT2D eigenvalue weighted by molar-refractivity contribution is 7.90. The van der Waals surface area contributed by atoms with Gasteiger partial charge in [0.15, 0.2) is 0 Å². The van der Waals surface area contributed by atoms with Crippen LogP contribution in [0.3, 0.4) is 0 Å². The van der Waals surface area contributed by atoms with E-state index < -0.39 is 40.1 Å². The van der Waals surface area contributed by atoms with E-state index in [0.29, 0.717) is 44.9 Å². The Hall–Kier alpha value is -3.48. The molecule has 0 saturated heterocycles. The molecule has 0 saturated carbocycles. The molecule has 0 aliphatic rings. The number of rotatable bonds is 26. The van der Waals surface area contributed by atoms with Crippen molar-refractivity contribution >= 4 is 40.1 Å². The Balaban J connectivity index is 1.40. The average molecular weight is 917 g/mol. The molecule has 0 radical (unpaired) electrons. The largest absolute Gasteiger partial charge is 0.243 e. The van der Waals surface area contributed by atoms with Crippen LogP contribution in [0, 0.1) is 27.7 Å². The fraction of sp³-hybridized carbons (Fsp3) is 0.467. The summed E-state index contributed by atoms with van der Waals surface area (Å²) in [6.45, 7) is 13.0. The second kappa shape index (κ2) is 22.7. The van der Waals surface area contributed by atoms with Crippen LogP contribution in [0.4, 0.5) is 0 Å². The summed E-state index contributed by atoms with van der Waals surface area (Å²) in [6, 6.07) is 26.9. The first kappa shape index (κ1) is 50.2. The van der Waals surface area contributed by atoms with Crippen LogP contribution in [0.1, 0.15) is 81.0 Å². The Bertz CT molecular complexity index is 2250. The molecular formula is C45H64N4O8S4. The molecule has 4 aromatic rings. The van der Waals surface area contributed by atoms with Gasteiger partial charge in [0, 0.05) is 52.4 Å². The minimum atomic E-state index is -3.87. The SMILES string of the molecule is CCN(CCCCN(CCCCCN(CCCCN(CC)S(=O)(=O)c1ccc(C)cc1)S(=O)(=O)c1ccc(C)cc1)S(=O)(=O)c1ccc(C)cc1)S(=O)(=O)c1ccc(C)cc1. The van der Waals surface area contributed by atoms with Gasteiger partial charge in [-0.25, -0.2) is 33.7 Å². The van der Waals surface area contributed by atoms with E-state index in [1.807, 2.05) is 27.7 Å². The second-order valence-corrected chi connectivity index (χ2v) is 23.3. The van der Waals surface area contributed by atoms with E-state index in [-0.39, 0.29) is 71.9 Å². The maximum Gasteiger partial charge on any atom is 0.243 e. The molecule has 0 aromatic heterocycles. The average Bonchev–Trinajstić information content (AvgIpc) is 3.22. The van der Waals surface area contributed by atoms with Crippen LogP contribution in [-0.4, -0.2) is 103 Å². The maximum absolute atomic E-state index is 13.9. The van der Waals surface area contributed by atoms with Gasteiger partial charge in [-0.1, -0.05) is 91.1 Å². The van der Waals surface area contributed by atoms with Crippen molar-refractivity contribution in [3.05, 3.63) is 119 Å². The van der Waals surface area contributed by atoms with Gasteiger partial charge in [0.1, 0.15) is 0 Å². The fourth-order valence-corrected chi connectivity index (χ4v) is 13.0. The third-order valence-corrected chi connectivity index (χ3v) is 18.6. The minimum Gasteiger partial charge on any atom is -0.207 e. The number of sulfonamides is 4. The van der Waals surface area contributed by atoms with Crippen molar-refractivity contribution in [2.75, 3.05) is 52.4 Å². The minimum absolute atomic E-state index is 0.180. The lowest BCUT2D eigenvalue weighted by Gasteiger charge is -2.25. The van der Waals surface area contributed by atoms with E-state index >= 15 is 0 Å². The predicted molar refractivity (Wildman–Crippen MR) is 243 cm³/mol. The van der Waals surface area contributed by atoms with E-state index in [4.69, 9.17) is 0 Å². The van der Waals surface area contributed by atoms with Crippen molar-refractivity contribution in [2.24, 2.45) is 0 Å². The summed E-state index contributed by atoms with van der Waals surface area (Å²) in [5.41, 5.74) is 3.78. The van der Waals surface area contributed by atoms with Crippen molar-refractivity contribution in [3.8, 4) is 0 Å². The van der Waals surface area contributed by atoms with Crippen molar-refractivity contribution in [1.82, 2.24) is 17.2 Å². The van der Waals surface area contributed by atoms with E-state index in [1.165, 1.54) is 17.2 Å². The number of aryl methyl sites for hydroxylation is 4.